The lowest BCUT2D eigenvalue weighted by Gasteiger charge is -2.09. The number of amides is 1. The van der Waals surface area contributed by atoms with Crippen molar-refractivity contribution in [2.75, 3.05) is 18.4 Å². The fourth-order valence-corrected chi connectivity index (χ4v) is 2.28. The molecular formula is C17H21N5O4. The highest BCUT2D eigenvalue weighted by atomic mass is 16.6. The molecule has 0 bridgehead atoms. The summed E-state index contributed by atoms with van der Waals surface area (Å²) in [7, 11) is 0. The molecule has 9 nitrogen and oxygen atoms in total. The first-order valence-corrected chi connectivity index (χ1v) is 8.36. The molecule has 0 atom stereocenters. The summed E-state index contributed by atoms with van der Waals surface area (Å²) in [4.78, 5) is 34.3. The smallest absolute Gasteiger partial charge is 0.292 e. The molecule has 0 aliphatic carbocycles. The highest BCUT2D eigenvalue weighted by Gasteiger charge is 2.12. The van der Waals surface area contributed by atoms with Crippen molar-refractivity contribution in [2.24, 2.45) is 0 Å². The van der Waals surface area contributed by atoms with Crippen LogP contribution in [0.15, 0.2) is 41.2 Å². The first-order valence-electron chi connectivity index (χ1n) is 8.36. The molecule has 0 saturated heterocycles. The van der Waals surface area contributed by atoms with Crippen molar-refractivity contribution in [3.63, 3.8) is 0 Å². The van der Waals surface area contributed by atoms with Crippen molar-refractivity contribution in [3.8, 4) is 0 Å². The van der Waals surface area contributed by atoms with Gasteiger partial charge < -0.3 is 10.6 Å². The van der Waals surface area contributed by atoms with Gasteiger partial charge in [0.2, 0.25) is 0 Å². The minimum Gasteiger partial charge on any atom is -0.378 e. The first kappa shape index (κ1) is 19.1. The van der Waals surface area contributed by atoms with Crippen LogP contribution < -0.4 is 16.2 Å². The number of carbonyl (C=O) groups is 1. The van der Waals surface area contributed by atoms with Crippen molar-refractivity contribution in [1.82, 2.24) is 15.1 Å². The number of aryl methyl sites for hydroxylation is 1. The van der Waals surface area contributed by atoms with Gasteiger partial charge in [-0.15, -0.1) is 0 Å². The fourth-order valence-electron chi connectivity index (χ4n) is 2.28. The normalized spacial score (nSPS) is 10.3. The van der Waals surface area contributed by atoms with Gasteiger partial charge in [0.25, 0.3) is 17.2 Å². The van der Waals surface area contributed by atoms with E-state index < -0.39 is 10.8 Å². The van der Waals surface area contributed by atoms with Crippen LogP contribution >= 0.6 is 0 Å². The molecule has 1 amide bonds. The number of nitro groups is 1. The third-order valence-corrected chi connectivity index (χ3v) is 3.65. The average molecular weight is 359 g/mol. The van der Waals surface area contributed by atoms with Crippen LogP contribution in [0.25, 0.3) is 0 Å². The van der Waals surface area contributed by atoms with Crippen molar-refractivity contribution >= 4 is 17.3 Å². The van der Waals surface area contributed by atoms with E-state index in [0.717, 1.165) is 12.8 Å². The Morgan fingerprint density at radius 2 is 2.00 bits per heavy atom. The Labute approximate surface area is 150 Å². The van der Waals surface area contributed by atoms with E-state index in [1.54, 1.807) is 18.2 Å². The van der Waals surface area contributed by atoms with Gasteiger partial charge in [-0.25, -0.2) is 4.68 Å². The molecule has 0 spiro atoms. The molecule has 2 N–H and O–H groups in total. The second-order valence-corrected chi connectivity index (χ2v) is 5.59. The Morgan fingerprint density at radius 3 is 2.73 bits per heavy atom. The number of hydrogen-bond donors (Lipinski definition) is 2. The Hall–Kier alpha value is -3.23. The quantitative estimate of drug-likeness (QED) is 0.400. The predicted octanol–water partition coefficient (Wildman–Crippen LogP) is 1.79. The highest BCUT2D eigenvalue weighted by molar-refractivity contribution is 5.92. The molecule has 2 rings (SSSR count). The van der Waals surface area contributed by atoms with Crippen LogP contribution in [0.1, 0.15) is 30.3 Å². The van der Waals surface area contributed by atoms with E-state index in [9.17, 15) is 19.7 Å². The predicted molar refractivity (Wildman–Crippen MR) is 97.3 cm³/mol. The molecular weight excluding hydrogens is 338 g/mol. The third kappa shape index (κ3) is 5.13. The molecule has 0 aliphatic rings. The standard InChI is InChI=1S/C17H21N5O4/c1-2-3-12-21-16(23)9-8-14(20-21)17(24)19-11-10-18-13-6-4-5-7-15(13)22(25)26/h4-9,18H,2-3,10-12H2,1H3,(H,19,24). The van der Waals surface area contributed by atoms with Gasteiger partial charge in [-0.1, -0.05) is 25.5 Å². The minimum absolute atomic E-state index is 0.0245. The van der Waals surface area contributed by atoms with Gasteiger partial charge in [0.05, 0.1) is 4.92 Å². The number of hydrogen-bond acceptors (Lipinski definition) is 6. The summed E-state index contributed by atoms with van der Waals surface area (Å²) in [5, 5.41) is 20.6. The third-order valence-electron chi connectivity index (χ3n) is 3.65. The summed E-state index contributed by atoms with van der Waals surface area (Å²) in [6, 6.07) is 9.00. The van der Waals surface area contributed by atoms with Gasteiger partial charge in [-0.3, -0.25) is 19.7 Å². The molecule has 0 fully saturated rings. The number of para-hydroxylation sites is 2. The van der Waals surface area contributed by atoms with E-state index in [1.807, 2.05) is 6.92 Å². The van der Waals surface area contributed by atoms with E-state index in [2.05, 4.69) is 15.7 Å². The number of nitro benzene ring substituents is 1. The van der Waals surface area contributed by atoms with Gasteiger partial charge in [0.1, 0.15) is 11.4 Å². The number of anilines is 1. The van der Waals surface area contributed by atoms with Crippen LogP contribution in [0, 0.1) is 10.1 Å². The molecule has 0 aliphatic heterocycles. The van der Waals surface area contributed by atoms with Crippen LogP contribution in [0.3, 0.4) is 0 Å². The van der Waals surface area contributed by atoms with Crippen molar-refractivity contribution in [3.05, 3.63) is 62.6 Å². The lowest BCUT2D eigenvalue weighted by molar-refractivity contribution is -0.384. The monoisotopic (exact) mass is 359 g/mol. The molecule has 1 aromatic heterocycles. The zero-order valence-corrected chi connectivity index (χ0v) is 14.5. The first-order chi connectivity index (χ1) is 12.5. The molecule has 0 unspecified atom stereocenters. The van der Waals surface area contributed by atoms with Gasteiger partial charge in [-0.05, 0) is 18.6 Å². The Morgan fingerprint density at radius 1 is 1.23 bits per heavy atom. The van der Waals surface area contributed by atoms with E-state index >= 15 is 0 Å². The number of carbonyl (C=O) groups excluding carboxylic acids is 1. The second-order valence-electron chi connectivity index (χ2n) is 5.59. The number of nitrogens with zero attached hydrogens (tertiary/aromatic N) is 3. The van der Waals surface area contributed by atoms with Crippen molar-refractivity contribution in [2.45, 2.75) is 26.3 Å². The maximum atomic E-state index is 12.1. The zero-order valence-electron chi connectivity index (χ0n) is 14.5. The molecule has 0 radical (unpaired) electrons. The van der Waals surface area contributed by atoms with Crippen LogP contribution in [0.2, 0.25) is 0 Å². The second kappa shape index (κ2) is 9.30. The fraction of sp³-hybridized carbons (Fsp3) is 0.353. The largest absolute Gasteiger partial charge is 0.378 e. The van der Waals surface area contributed by atoms with Crippen molar-refractivity contribution in [1.29, 1.82) is 0 Å². The average Bonchev–Trinajstić information content (AvgIpc) is 2.64. The number of nitrogens with one attached hydrogen (secondary N) is 2. The summed E-state index contributed by atoms with van der Waals surface area (Å²) in [5.41, 5.74) is 0.279. The Bertz CT molecular complexity index is 834. The molecule has 0 saturated carbocycles. The number of rotatable bonds is 9. The maximum Gasteiger partial charge on any atom is 0.292 e. The molecule has 1 heterocycles. The molecule has 1 aromatic carbocycles. The molecule has 26 heavy (non-hydrogen) atoms. The van der Waals surface area contributed by atoms with E-state index in [0.29, 0.717) is 18.8 Å². The van der Waals surface area contributed by atoms with E-state index in [4.69, 9.17) is 0 Å². The van der Waals surface area contributed by atoms with Crippen molar-refractivity contribution < 1.29 is 9.72 Å². The summed E-state index contributed by atoms with van der Waals surface area (Å²) in [6.07, 6.45) is 1.72. The van der Waals surface area contributed by atoms with Gasteiger partial charge >= 0.3 is 0 Å². The van der Waals surface area contributed by atoms with E-state index in [-0.39, 0.29) is 23.5 Å². The number of benzene rings is 1. The van der Waals surface area contributed by atoms with Crippen LogP contribution in [-0.2, 0) is 6.54 Å². The number of unbranched alkanes of at least 4 members (excludes halogenated alkanes) is 1. The van der Waals surface area contributed by atoms with Crippen LogP contribution in [0.5, 0.6) is 0 Å². The SMILES string of the molecule is CCCCn1nc(C(=O)NCCNc2ccccc2[N+](=O)[O-])ccc1=O. The molecule has 9 heteroatoms. The molecule has 2 aromatic rings. The minimum atomic E-state index is -0.468. The van der Waals surface area contributed by atoms with Gasteiger partial charge in [-0.2, -0.15) is 5.10 Å². The molecule has 138 valence electrons. The highest BCUT2D eigenvalue weighted by Crippen LogP contribution is 2.22. The summed E-state index contributed by atoms with van der Waals surface area (Å²) >= 11 is 0. The summed E-state index contributed by atoms with van der Waals surface area (Å²) in [5.74, 6) is -0.403. The van der Waals surface area contributed by atoms with Gasteiger partial charge in [0.15, 0.2) is 0 Å². The Kier molecular flexibility index (Phi) is 6.84. The Balaban J connectivity index is 1.89. The summed E-state index contributed by atoms with van der Waals surface area (Å²) in [6.45, 7) is 3.04. The van der Waals surface area contributed by atoms with E-state index in [1.165, 1.54) is 22.9 Å². The van der Waals surface area contributed by atoms with Crippen LogP contribution in [0.4, 0.5) is 11.4 Å². The maximum absolute atomic E-state index is 12.1. The van der Waals surface area contributed by atoms with Gasteiger partial charge in [0, 0.05) is 31.8 Å². The lowest BCUT2D eigenvalue weighted by atomic mass is 10.2. The van der Waals surface area contributed by atoms with Crippen LogP contribution in [-0.4, -0.2) is 33.7 Å². The zero-order chi connectivity index (χ0) is 18.9. The number of aromatic nitrogens is 2. The topological polar surface area (TPSA) is 119 Å². The lowest BCUT2D eigenvalue weighted by Crippen LogP contribution is -2.32. The summed E-state index contributed by atoms with van der Waals surface area (Å²) < 4.78 is 1.28.